The van der Waals surface area contributed by atoms with E-state index in [-0.39, 0.29) is 5.91 Å². The Hall–Kier alpha value is -3.93. The average molecular weight is 416 g/mol. The number of nitrogens with one attached hydrogen (secondary N) is 2. The molecule has 6 nitrogen and oxygen atoms in total. The van der Waals surface area contributed by atoms with Gasteiger partial charge in [-0.25, -0.2) is 4.79 Å². The van der Waals surface area contributed by atoms with Crippen LogP contribution in [0.15, 0.2) is 84.9 Å². The van der Waals surface area contributed by atoms with Crippen molar-refractivity contribution in [1.82, 2.24) is 5.32 Å². The molecule has 3 aromatic carbocycles. The van der Waals surface area contributed by atoms with E-state index in [0.29, 0.717) is 11.3 Å². The minimum absolute atomic E-state index is 0.390. The van der Waals surface area contributed by atoms with Crippen molar-refractivity contribution >= 4 is 23.5 Å². The Bertz CT molecular complexity index is 1050. The summed E-state index contributed by atoms with van der Waals surface area (Å²) < 4.78 is 5.26. The van der Waals surface area contributed by atoms with Gasteiger partial charge in [0.1, 0.15) is 6.04 Å². The largest absolute Gasteiger partial charge is 0.451 e. The first kappa shape index (κ1) is 21.8. The first-order chi connectivity index (χ1) is 15.0. The Balaban J connectivity index is 1.60. The average Bonchev–Trinajstić information content (AvgIpc) is 2.80. The first-order valence-electron chi connectivity index (χ1n) is 9.97. The third-order valence-electron chi connectivity index (χ3n) is 4.67. The highest BCUT2D eigenvalue weighted by Gasteiger charge is 2.24. The van der Waals surface area contributed by atoms with Gasteiger partial charge in [0.15, 0.2) is 6.10 Å². The van der Waals surface area contributed by atoms with Crippen LogP contribution in [0, 0.1) is 0 Å². The zero-order valence-corrected chi connectivity index (χ0v) is 17.4. The third-order valence-corrected chi connectivity index (χ3v) is 4.67. The summed E-state index contributed by atoms with van der Waals surface area (Å²) in [6.45, 7) is 3.00. The van der Waals surface area contributed by atoms with E-state index in [2.05, 4.69) is 10.6 Å². The van der Waals surface area contributed by atoms with E-state index in [4.69, 9.17) is 4.74 Å². The molecule has 0 saturated heterocycles. The third kappa shape index (κ3) is 5.79. The fourth-order valence-electron chi connectivity index (χ4n) is 2.95. The maximum atomic E-state index is 12.6. The van der Waals surface area contributed by atoms with Crippen LogP contribution < -0.4 is 10.6 Å². The van der Waals surface area contributed by atoms with Gasteiger partial charge >= 0.3 is 5.97 Å². The summed E-state index contributed by atoms with van der Waals surface area (Å²) in [6.07, 6.45) is -1.03. The molecule has 6 heteroatoms. The quantitative estimate of drug-likeness (QED) is 0.569. The van der Waals surface area contributed by atoms with Gasteiger partial charge in [-0.15, -0.1) is 0 Å². The molecule has 2 N–H and O–H groups in total. The second-order valence-corrected chi connectivity index (χ2v) is 7.04. The van der Waals surface area contributed by atoms with Crippen molar-refractivity contribution in [3.63, 3.8) is 0 Å². The Kier molecular flexibility index (Phi) is 7.17. The molecule has 158 valence electrons. The fourth-order valence-corrected chi connectivity index (χ4v) is 2.95. The number of amides is 2. The number of hydrogen-bond acceptors (Lipinski definition) is 4. The Morgan fingerprint density at radius 1 is 0.774 bits per heavy atom. The van der Waals surface area contributed by atoms with Crippen molar-refractivity contribution in [1.29, 1.82) is 0 Å². The number of carbonyl (C=O) groups is 3. The fraction of sp³-hybridized carbons (Fsp3) is 0.160. The summed E-state index contributed by atoms with van der Waals surface area (Å²) in [5.41, 5.74) is 2.87. The van der Waals surface area contributed by atoms with Gasteiger partial charge in [0.2, 0.25) is 0 Å². The van der Waals surface area contributed by atoms with Gasteiger partial charge in [-0.05, 0) is 37.6 Å². The molecule has 2 atom stereocenters. The van der Waals surface area contributed by atoms with E-state index in [9.17, 15) is 14.4 Å². The van der Waals surface area contributed by atoms with Crippen LogP contribution in [-0.2, 0) is 14.3 Å². The summed E-state index contributed by atoms with van der Waals surface area (Å²) in [6, 6.07) is 24.7. The molecule has 0 aromatic heterocycles. The summed E-state index contributed by atoms with van der Waals surface area (Å²) in [5.74, 6) is -1.54. The molecule has 1 unspecified atom stereocenters. The molecule has 0 heterocycles. The Labute approximate surface area is 181 Å². The van der Waals surface area contributed by atoms with Crippen molar-refractivity contribution in [2.45, 2.75) is 26.0 Å². The maximum absolute atomic E-state index is 12.6. The highest BCUT2D eigenvalue weighted by atomic mass is 16.5. The van der Waals surface area contributed by atoms with Crippen molar-refractivity contribution in [2.24, 2.45) is 0 Å². The minimum Gasteiger partial charge on any atom is -0.451 e. The van der Waals surface area contributed by atoms with Gasteiger partial charge in [0, 0.05) is 16.8 Å². The SMILES string of the molecule is CC(OC(=O)[C@H](C)NC(=O)c1ccccc1)C(=O)Nc1ccccc1-c1ccccc1. The number of anilines is 1. The van der Waals surface area contributed by atoms with Crippen LogP contribution in [0.25, 0.3) is 11.1 Å². The molecule has 0 aliphatic carbocycles. The molecule has 0 bridgehead atoms. The summed E-state index contributed by atoms with van der Waals surface area (Å²) >= 11 is 0. The van der Waals surface area contributed by atoms with Crippen molar-refractivity contribution < 1.29 is 19.1 Å². The van der Waals surface area contributed by atoms with Crippen LogP contribution in [0.3, 0.4) is 0 Å². The second-order valence-electron chi connectivity index (χ2n) is 7.04. The molecular formula is C25H24N2O4. The Morgan fingerprint density at radius 2 is 1.35 bits per heavy atom. The molecule has 0 radical (unpaired) electrons. The molecule has 31 heavy (non-hydrogen) atoms. The van der Waals surface area contributed by atoms with E-state index in [1.165, 1.54) is 13.8 Å². The van der Waals surface area contributed by atoms with Gasteiger partial charge in [-0.2, -0.15) is 0 Å². The lowest BCUT2D eigenvalue weighted by molar-refractivity contribution is -0.154. The van der Waals surface area contributed by atoms with E-state index in [1.54, 1.807) is 36.4 Å². The monoisotopic (exact) mass is 416 g/mol. The van der Waals surface area contributed by atoms with E-state index < -0.39 is 24.0 Å². The topological polar surface area (TPSA) is 84.5 Å². The van der Waals surface area contributed by atoms with Crippen LogP contribution >= 0.6 is 0 Å². The van der Waals surface area contributed by atoms with Gasteiger partial charge in [-0.3, -0.25) is 9.59 Å². The highest BCUT2D eigenvalue weighted by molar-refractivity contribution is 5.99. The van der Waals surface area contributed by atoms with Crippen LogP contribution in [0.4, 0.5) is 5.69 Å². The van der Waals surface area contributed by atoms with Crippen molar-refractivity contribution in [3.05, 3.63) is 90.5 Å². The van der Waals surface area contributed by atoms with Crippen molar-refractivity contribution in [3.8, 4) is 11.1 Å². The number of hydrogen-bond donors (Lipinski definition) is 2. The lowest BCUT2D eigenvalue weighted by Crippen LogP contribution is -2.42. The number of carbonyl (C=O) groups excluding carboxylic acids is 3. The normalized spacial score (nSPS) is 12.3. The molecule has 0 aliphatic heterocycles. The lowest BCUT2D eigenvalue weighted by Gasteiger charge is -2.18. The molecule has 0 spiro atoms. The summed E-state index contributed by atoms with van der Waals surface area (Å²) in [4.78, 5) is 37.2. The maximum Gasteiger partial charge on any atom is 0.329 e. The predicted octanol–water partition coefficient (Wildman–Crippen LogP) is 4.04. The van der Waals surface area contributed by atoms with Gasteiger partial charge < -0.3 is 15.4 Å². The second kappa shape index (κ2) is 10.2. The number of benzene rings is 3. The first-order valence-corrected chi connectivity index (χ1v) is 9.97. The van der Waals surface area contributed by atoms with Gasteiger partial charge in [0.05, 0.1) is 0 Å². The standard InChI is InChI=1S/C25H24N2O4/c1-17(26-24(29)20-13-7-4-8-14-20)25(30)31-18(2)23(28)27-22-16-10-9-15-21(22)19-11-5-3-6-12-19/h3-18H,1-2H3,(H,26,29)(H,27,28)/t17-,18?/m0/s1. The lowest BCUT2D eigenvalue weighted by atomic mass is 10.0. The van der Waals surface area contributed by atoms with Crippen LogP contribution in [0.2, 0.25) is 0 Å². The number of esters is 1. The molecule has 2 amide bonds. The van der Waals surface area contributed by atoms with E-state index in [0.717, 1.165) is 11.1 Å². The van der Waals surface area contributed by atoms with Gasteiger partial charge in [0.25, 0.3) is 11.8 Å². The molecule has 3 aromatic rings. The number of rotatable bonds is 7. The van der Waals surface area contributed by atoms with Crippen LogP contribution in [0.5, 0.6) is 0 Å². The molecule has 0 aliphatic rings. The Morgan fingerprint density at radius 3 is 2.03 bits per heavy atom. The molecule has 0 saturated carbocycles. The van der Waals surface area contributed by atoms with Crippen LogP contribution in [0.1, 0.15) is 24.2 Å². The molecule has 3 rings (SSSR count). The van der Waals surface area contributed by atoms with Gasteiger partial charge in [-0.1, -0.05) is 66.7 Å². The predicted molar refractivity (Wildman–Crippen MR) is 119 cm³/mol. The smallest absolute Gasteiger partial charge is 0.329 e. The molecule has 0 fully saturated rings. The highest BCUT2D eigenvalue weighted by Crippen LogP contribution is 2.27. The van der Waals surface area contributed by atoms with Crippen molar-refractivity contribution in [2.75, 3.05) is 5.32 Å². The number of ether oxygens (including phenoxy) is 1. The zero-order valence-electron chi connectivity index (χ0n) is 17.4. The zero-order chi connectivity index (χ0) is 22.2. The molecular weight excluding hydrogens is 392 g/mol. The van der Waals surface area contributed by atoms with E-state index in [1.807, 2.05) is 48.5 Å². The number of para-hydroxylation sites is 1. The van der Waals surface area contributed by atoms with E-state index >= 15 is 0 Å². The summed E-state index contributed by atoms with van der Waals surface area (Å²) in [5, 5.41) is 5.39. The van der Waals surface area contributed by atoms with Crippen LogP contribution in [-0.4, -0.2) is 29.9 Å². The summed E-state index contributed by atoms with van der Waals surface area (Å²) in [7, 11) is 0. The minimum atomic E-state index is -1.03.